The topological polar surface area (TPSA) is 0 Å². The molecule has 220 valence electrons. The van der Waals surface area contributed by atoms with E-state index in [0.717, 1.165) is 11.3 Å². The molecule has 0 spiro atoms. The van der Waals surface area contributed by atoms with Crippen LogP contribution in [0.25, 0.3) is 0 Å². The summed E-state index contributed by atoms with van der Waals surface area (Å²) < 4.78 is 0. The molecule has 0 aromatic heterocycles. The van der Waals surface area contributed by atoms with Gasteiger partial charge in [0.05, 0.1) is 0 Å². The minimum absolute atomic E-state index is 0. The molecule has 4 aromatic rings. The van der Waals surface area contributed by atoms with Crippen LogP contribution in [0.1, 0.15) is 82.4 Å². The molecule has 4 aromatic carbocycles. The molecule has 0 aliphatic heterocycles. The normalized spacial score (nSPS) is 16.5. The molecule has 2 aliphatic carbocycles. The van der Waals surface area contributed by atoms with Crippen molar-refractivity contribution in [3.05, 3.63) is 130 Å². The molecular weight excluding hydrogens is 574 g/mol. The van der Waals surface area contributed by atoms with Gasteiger partial charge in [0.2, 0.25) is 0 Å². The maximum Gasteiger partial charge on any atom is 4.00 e. The first-order valence-corrected chi connectivity index (χ1v) is 17.8. The van der Waals surface area contributed by atoms with Crippen molar-refractivity contribution in [1.29, 1.82) is 0 Å². The van der Waals surface area contributed by atoms with Crippen LogP contribution < -0.4 is 15.9 Å². The first-order valence-electron chi connectivity index (χ1n) is 14.9. The molecule has 0 heterocycles. The standard InChI is InChI=1S/C31H39P2.C5H5.2CH3.Fe/c1-25(32(26-15-6-2-7-16-26)27-17-8-3-9-18-27)30-23-14-24-31(30)33(28-19-10-4-11-20-28)29-21-12-5-13-22-29;1-2-4-5-3-1;;;/h4-5,10-14,19-27H,2-3,6-9,15-18H2,1H3;1-5H;2*1H3;/q4*-1;+4/t25-;;;;/m0..../s1. The molecule has 1 atom stereocenters. The predicted molar refractivity (Wildman–Crippen MR) is 185 cm³/mol. The van der Waals surface area contributed by atoms with Crippen LogP contribution in [0.4, 0.5) is 0 Å². The van der Waals surface area contributed by atoms with Gasteiger partial charge in [-0.15, -0.1) is 7.92 Å². The Morgan fingerprint density at radius 3 is 1.49 bits per heavy atom. The fraction of sp³-hybridized carbons (Fsp3) is 0.368. The number of hydrogen-bond donors (Lipinski definition) is 0. The zero-order valence-corrected chi connectivity index (χ0v) is 28.3. The summed E-state index contributed by atoms with van der Waals surface area (Å²) >= 11 is 0. The third-order valence-corrected chi connectivity index (χ3v) is 15.0. The molecule has 2 saturated carbocycles. The van der Waals surface area contributed by atoms with Crippen LogP contribution in [0.5, 0.6) is 0 Å². The van der Waals surface area contributed by atoms with Crippen molar-refractivity contribution in [2.24, 2.45) is 0 Å². The molecule has 0 saturated heterocycles. The van der Waals surface area contributed by atoms with Gasteiger partial charge in [0.15, 0.2) is 0 Å². The van der Waals surface area contributed by atoms with Gasteiger partial charge in [-0.2, -0.15) is 47.3 Å². The van der Waals surface area contributed by atoms with Gasteiger partial charge in [-0.25, -0.2) is 12.1 Å². The second-order valence-electron chi connectivity index (χ2n) is 11.0. The monoisotopic (exact) mass is 624 g/mol. The summed E-state index contributed by atoms with van der Waals surface area (Å²) in [6.07, 6.45) is 14.8. The second-order valence-corrected chi connectivity index (χ2v) is 16.4. The first-order chi connectivity index (χ1) is 18.8. The summed E-state index contributed by atoms with van der Waals surface area (Å²) in [6, 6.07) is 39.9. The molecule has 6 rings (SSSR count). The summed E-state index contributed by atoms with van der Waals surface area (Å²) in [4.78, 5) is 0. The summed E-state index contributed by atoms with van der Waals surface area (Å²) in [5.41, 5.74) is 4.38. The van der Waals surface area contributed by atoms with Crippen molar-refractivity contribution in [2.75, 3.05) is 0 Å². The Morgan fingerprint density at radius 2 is 1.07 bits per heavy atom. The van der Waals surface area contributed by atoms with E-state index in [1.165, 1.54) is 74.8 Å². The fourth-order valence-corrected chi connectivity index (χ4v) is 13.7. The number of rotatable bonds is 7. The van der Waals surface area contributed by atoms with Crippen LogP contribution in [-0.4, -0.2) is 11.3 Å². The Hall–Kier alpha value is -1.48. The molecule has 0 N–H and O–H groups in total. The van der Waals surface area contributed by atoms with Gasteiger partial charge in [-0.1, -0.05) is 120 Å². The number of benzene rings is 2. The Bertz CT molecular complexity index is 1080. The molecule has 0 amide bonds. The van der Waals surface area contributed by atoms with Crippen LogP contribution in [0.2, 0.25) is 0 Å². The van der Waals surface area contributed by atoms with Crippen molar-refractivity contribution in [2.45, 2.75) is 88.1 Å². The van der Waals surface area contributed by atoms with Gasteiger partial charge in [0, 0.05) is 0 Å². The van der Waals surface area contributed by atoms with Crippen molar-refractivity contribution in [3.63, 3.8) is 0 Å². The molecule has 41 heavy (non-hydrogen) atoms. The molecule has 0 nitrogen and oxygen atoms in total. The van der Waals surface area contributed by atoms with Crippen molar-refractivity contribution in [3.8, 4) is 0 Å². The quantitative estimate of drug-likeness (QED) is 0.109. The molecule has 3 heteroatoms. The van der Waals surface area contributed by atoms with Crippen LogP contribution in [0, 0.1) is 14.9 Å². The maximum atomic E-state index is 2.62. The van der Waals surface area contributed by atoms with E-state index in [1.807, 2.05) is 30.3 Å². The van der Waals surface area contributed by atoms with E-state index < -0.39 is 7.92 Å². The minimum Gasteiger partial charge on any atom is -0.358 e. The Balaban J connectivity index is 0.000000667. The molecule has 0 bridgehead atoms. The van der Waals surface area contributed by atoms with Crippen LogP contribution >= 0.6 is 15.8 Å². The maximum absolute atomic E-state index is 2.62. The van der Waals surface area contributed by atoms with Crippen molar-refractivity contribution in [1.82, 2.24) is 0 Å². The molecular formula is C38H50FeP2. The summed E-state index contributed by atoms with van der Waals surface area (Å²) in [5.74, 6) is 0. The zero-order valence-electron chi connectivity index (χ0n) is 25.4. The summed E-state index contributed by atoms with van der Waals surface area (Å²) in [6.45, 7) is 2.62. The third-order valence-electron chi connectivity index (χ3n) is 8.54. The smallest absolute Gasteiger partial charge is 0.358 e. The molecule has 2 aliphatic rings. The van der Waals surface area contributed by atoms with Gasteiger partial charge in [-0.05, 0) is 47.6 Å². The van der Waals surface area contributed by atoms with E-state index in [9.17, 15) is 0 Å². The van der Waals surface area contributed by atoms with E-state index in [2.05, 4.69) is 85.8 Å². The van der Waals surface area contributed by atoms with Gasteiger partial charge in [0.1, 0.15) is 0 Å². The summed E-state index contributed by atoms with van der Waals surface area (Å²) in [5, 5.41) is 4.59. The molecule has 2 fully saturated rings. The minimum atomic E-state index is -0.511. The van der Waals surface area contributed by atoms with E-state index in [4.69, 9.17) is 0 Å². The average Bonchev–Trinajstić information content (AvgIpc) is 3.72. The van der Waals surface area contributed by atoms with E-state index in [1.54, 1.807) is 10.9 Å². The van der Waals surface area contributed by atoms with Crippen LogP contribution in [-0.2, 0) is 17.1 Å². The van der Waals surface area contributed by atoms with E-state index in [0.29, 0.717) is 5.66 Å². The molecule has 0 unspecified atom stereocenters. The van der Waals surface area contributed by atoms with E-state index in [-0.39, 0.29) is 39.8 Å². The van der Waals surface area contributed by atoms with Gasteiger partial charge in [0.25, 0.3) is 0 Å². The third kappa shape index (κ3) is 9.50. The Kier molecular flexibility index (Phi) is 16.5. The number of hydrogen-bond acceptors (Lipinski definition) is 0. The fourth-order valence-electron chi connectivity index (χ4n) is 6.73. The molecule has 0 radical (unpaired) electrons. The van der Waals surface area contributed by atoms with Crippen LogP contribution in [0.3, 0.4) is 0 Å². The van der Waals surface area contributed by atoms with E-state index >= 15 is 0 Å². The average molecular weight is 625 g/mol. The van der Waals surface area contributed by atoms with Crippen molar-refractivity contribution < 1.29 is 17.1 Å². The SMILES string of the molecule is C[C@@H](c1c[cH-]cc1P(c1ccccc1)c1ccccc1)P(C1CCCCC1)C1CCCCC1.[CH3-].[CH3-].[Fe+4].c1cc[cH-]c1. The zero-order chi connectivity index (χ0) is 26.0. The van der Waals surface area contributed by atoms with Crippen LogP contribution in [0.15, 0.2) is 109 Å². The Morgan fingerprint density at radius 1 is 0.610 bits per heavy atom. The largest absolute Gasteiger partial charge is 4.00 e. The van der Waals surface area contributed by atoms with Crippen molar-refractivity contribution >= 4 is 31.8 Å². The first kappa shape index (κ1) is 35.7. The Labute approximate surface area is 265 Å². The summed E-state index contributed by atoms with van der Waals surface area (Å²) in [7, 11) is -0.489. The predicted octanol–water partition coefficient (Wildman–Crippen LogP) is 10.7. The van der Waals surface area contributed by atoms with Gasteiger partial charge >= 0.3 is 17.1 Å². The van der Waals surface area contributed by atoms with Gasteiger partial charge < -0.3 is 14.9 Å². The second kappa shape index (κ2) is 18.9. The van der Waals surface area contributed by atoms with Gasteiger partial charge in [-0.3, -0.25) is 0 Å².